The highest BCUT2D eigenvalue weighted by Crippen LogP contribution is 2.21. The van der Waals surface area contributed by atoms with Gasteiger partial charge in [-0.15, -0.1) is 0 Å². The summed E-state index contributed by atoms with van der Waals surface area (Å²) in [6.07, 6.45) is 3.69. The average Bonchev–Trinajstić information content (AvgIpc) is 2.82. The normalized spacial score (nSPS) is 11.8. The third-order valence-electron chi connectivity index (χ3n) is 3.01. The Labute approximate surface area is 121 Å². The number of hydrogen-bond donors (Lipinski definition) is 1. The first kappa shape index (κ1) is 14.8. The summed E-state index contributed by atoms with van der Waals surface area (Å²) in [4.78, 5) is 4.34. The summed E-state index contributed by atoms with van der Waals surface area (Å²) >= 11 is 0. The molecule has 0 aliphatic rings. The van der Waals surface area contributed by atoms with E-state index in [0.29, 0.717) is 6.73 Å². The zero-order valence-electron chi connectivity index (χ0n) is 12.3. The Morgan fingerprint density at radius 3 is 2.80 bits per heavy atom. The molecule has 2 rings (SSSR count). The van der Waals surface area contributed by atoms with Crippen LogP contribution in [-0.2, 0) is 11.5 Å². The fourth-order valence-electron chi connectivity index (χ4n) is 1.79. The van der Waals surface area contributed by atoms with Crippen LogP contribution in [0.4, 0.5) is 0 Å². The van der Waals surface area contributed by atoms with E-state index in [1.165, 1.54) is 6.04 Å². The van der Waals surface area contributed by atoms with Crippen molar-refractivity contribution in [2.75, 3.05) is 6.61 Å². The Kier molecular flexibility index (Phi) is 4.62. The van der Waals surface area contributed by atoms with E-state index in [-0.39, 0.29) is 5.75 Å². The van der Waals surface area contributed by atoms with E-state index in [4.69, 9.17) is 4.74 Å². The number of ether oxygens (including phenoxy) is 1. The number of aromatic nitrogens is 2. The first-order valence-electron chi connectivity index (χ1n) is 6.83. The second-order valence-electron chi connectivity index (χ2n) is 6.17. The molecule has 0 atom stereocenters. The summed E-state index contributed by atoms with van der Waals surface area (Å²) < 4.78 is 7.60. The fraction of sp³-hybridized carbons (Fsp3) is 0.400. The molecule has 0 saturated heterocycles. The lowest BCUT2D eigenvalue weighted by atomic mass is 10.1. The van der Waals surface area contributed by atoms with Gasteiger partial charge in [0.25, 0.3) is 0 Å². The molecule has 0 aliphatic carbocycles. The predicted octanol–water partition coefficient (Wildman–Crippen LogP) is 3.57. The molecule has 0 amide bonds. The van der Waals surface area contributed by atoms with Crippen LogP contribution in [0.1, 0.15) is 0 Å². The Bertz CT molecular complexity index is 561. The van der Waals surface area contributed by atoms with Gasteiger partial charge in [0.2, 0.25) is 0 Å². The van der Waals surface area contributed by atoms with Gasteiger partial charge in [-0.05, 0) is 18.2 Å². The van der Waals surface area contributed by atoms with Gasteiger partial charge in [0.1, 0.15) is 12.5 Å². The molecular formula is C15H22N2O2Si. The molecule has 5 heteroatoms. The molecule has 1 aromatic carbocycles. The lowest BCUT2D eigenvalue weighted by Crippen LogP contribution is -2.21. The van der Waals surface area contributed by atoms with E-state index in [1.807, 2.05) is 22.9 Å². The second-order valence-corrected chi connectivity index (χ2v) is 11.8. The van der Waals surface area contributed by atoms with Crippen LogP contribution in [0.15, 0.2) is 36.8 Å². The van der Waals surface area contributed by atoms with Crippen molar-refractivity contribution in [2.24, 2.45) is 0 Å². The summed E-state index contributed by atoms with van der Waals surface area (Å²) in [6.45, 7) is 8.35. The van der Waals surface area contributed by atoms with E-state index in [9.17, 15) is 5.11 Å². The van der Waals surface area contributed by atoms with Crippen LogP contribution < -0.4 is 0 Å². The van der Waals surface area contributed by atoms with Crippen molar-refractivity contribution >= 4 is 8.07 Å². The topological polar surface area (TPSA) is 47.3 Å². The molecule has 0 spiro atoms. The number of benzene rings is 1. The molecule has 1 aromatic heterocycles. The highest BCUT2D eigenvalue weighted by atomic mass is 28.3. The minimum absolute atomic E-state index is 0.253. The maximum absolute atomic E-state index is 9.48. The van der Waals surface area contributed by atoms with Crippen LogP contribution in [0.25, 0.3) is 11.3 Å². The Morgan fingerprint density at radius 1 is 1.30 bits per heavy atom. The first-order valence-corrected chi connectivity index (χ1v) is 10.5. The molecule has 2 aromatic rings. The average molecular weight is 290 g/mol. The van der Waals surface area contributed by atoms with Crippen LogP contribution in [0.2, 0.25) is 25.7 Å². The lowest BCUT2D eigenvalue weighted by Gasteiger charge is -2.15. The number of hydrogen-bond acceptors (Lipinski definition) is 3. The molecule has 108 valence electrons. The van der Waals surface area contributed by atoms with E-state index in [1.54, 1.807) is 18.5 Å². The van der Waals surface area contributed by atoms with Gasteiger partial charge in [0.05, 0.1) is 12.0 Å². The standard InChI is InChI=1S/C15H22N2O2Si/c1-20(2,3)8-7-19-12-17-10-15(16-11-17)13-5-4-6-14(18)9-13/h4-6,9-11,18H,7-8,12H2,1-3H3. The molecule has 20 heavy (non-hydrogen) atoms. The van der Waals surface area contributed by atoms with Gasteiger partial charge in [-0.3, -0.25) is 0 Å². The molecule has 0 aliphatic heterocycles. The molecule has 1 N–H and O–H groups in total. The van der Waals surface area contributed by atoms with Crippen LogP contribution >= 0.6 is 0 Å². The zero-order valence-corrected chi connectivity index (χ0v) is 13.3. The molecule has 0 fully saturated rings. The van der Waals surface area contributed by atoms with Gasteiger partial charge in [-0.1, -0.05) is 31.8 Å². The van der Waals surface area contributed by atoms with Crippen LogP contribution in [0.3, 0.4) is 0 Å². The third-order valence-corrected chi connectivity index (χ3v) is 4.72. The van der Waals surface area contributed by atoms with Gasteiger partial charge in [-0.2, -0.15) is 0 Å². The summed E-state index contributed by atoms with van der Waals surface area (Å²) in [7, 11) is -1.03. The van der Waals surface area contributed by atoms with E-state index in [2.05, 4.69) is 24.6 Å². The van der Waals surface area contributed by atoms with Crippen LogP contribution in [0, 0.1) is 0 Å². The molecule has 0 saturated carbocycles. The molecule has 0 bridgehead atoms. The SMILES string of the molecule is C[Si](C)(C)CCOCn1cnc(-c2cccc(O)c2)c1. The molecule has 1 heterocycles. The van der Waals surface area contributed by atoms with Crippen molar-refractivity contribution in [3.8, 4) is 17.0 Å². The Balaban J connectivity index is 1.90. The largest absolute Gasteiger partial charge is 0.508 e. The molecule has 4 nitrogen and oxygen atoms in total. The van der Waals surface area contributed by atoms with E-state index < -0.39 is 8.07 Å². The van der Waals surface area contributed by atoms with Gasteiger partial charge < -0.3 is 14.4 Å². The van der Waals surface area contributed by atoms with Gasteiger partial charge in [0, 0.05) is 26.4 Å². The van der Waals surface area contributed by atoms with Crippen molar-refractivity contribution in [2.45, 2.75) is 32.4 Å². The highest BCUT2D eigenvalue weighted by molar-refractivity contribution is 6.76. The van der Waals surface area contributed by atoms with Gasteiger partial charge >= 0.3 is 0 Å². The van der Waals surface area contributed by atoms with Crippen LogP contribution in [0.5, 0.6) is 5.75 Å². The second kappa shape index (κ2) is 6.24. The Morgan fingerprint density at radius 2 is 2.10 bits per heavy atom. The minimum Gasteiger partial charge on any atom is -0.508 e. The van der Waals surface area contributed by atoms with Gasteiger partial charge in [0.15, 0.2) is 0 Å². The smallest absolute Gasteiger partial charge is 0.123 e. The van der Waals surface area contributed by atoms with Gasteiger partial charge in [-0.25, -0.2) is 4.98 Å². The summed E-state index contributed by atoms with van der Waals surface area (Å²) in [5.74, 6) is 0.253. The first-order chi connectivity index (χ1) is 9.44. The summed E-state index contributed by atoms with van der Waals surface area (Å²) in [5, 5.41) is 9.48. The predicted molar refractivity (Wildman–Crippen MR) is 83.4 cm³/mol. The summed E-state index contributed by atoms with van der Waals surface area (Å²) in [5.41, 5.74) is 1.75. The lowest BCUT2D eigenvalue weighted by molar-refractivity contribution is 0.0872. The van der Waals surface area contributed by atoms with E-state index in [0.717, 1.165) is 17.9 Å². The van der Waals surface area contributed by atoms with E-state index >= 15 is 0 Å². The van der Waals surface area contributed by atoms with Crippen molar-refractivity contribution in [3.63, 3.8) is 0 Å². The maximum atomic E-state index is 9.48. The summed E-state index contributed by atoms with van der Waals surface area (Å²) in [6, 6.07) is 8.27. The number of imidazole rings is 1. The molecule has 0 unspecified atom stereocenters. The van der Waals surface area contributed by atoms with Crippen LogP contribution in [-0.4, -0.2) is 29.3 Å². The zero-order chi connectivity index (χ0) is 14.6. The van der Waals surface area contributed by atoms with Crippen molar-refractivity contribution < 1.29 is 9.84 Å². The quantitative estimate of drug-likeness (QED) is 0.653. The number of rotatable bonds is 6. The third kappa shape index (κ3) is 4.50. The monoisotopic (exact) mass is 290 g/mol. The number of nitrogens with zero attached hydrogens (tertiary/aromatic N) is 2. The Hall–Kier alpha value is -1.59. The van der Waals surface area contributed by atoms with Crippen molar-refractivity contribution in [3.05, 3.63) is 36.8 Å². The number of phenolic OH excluding ortho intramolecular Hbond substituents is 1. The minimum atomic E-state index is -1.03. The molecule has 0 radical (unpaired) electrons. The number of phenols is 1. The molecular weight excluding hydrogens is 268 g/mol. The number of aromatic hydroxyl groups is 1. The highest BCUT2D eigenvalue weighted by Gasteiger charge is 2.12. The maximum Gasteiger partial charge on any atom is 0.123 e. The van der Waals surface area contributed by atoms with Crippen molar-refractivity contribution in [1.82, 2.24) is 9.55 Å². The van der Waals surface area contributed by atoms with Crippen molar-refractivity contribution in [1.29, 1.82) is 0 Å². The fourth-order valence-corrected chi connectivity index (χ4v) is 2.55.